The first-order chi connectivity index (χ1) is 9.60. The minimum Gasteiger partial charge on any atom is -0.369 e. The van der Waals surface area contributed by atoms with Gasteiger partial charge in [0.05, 0.1) is 12.4 Å². The number of anilines is 1. The molecule has 0 spiro atoms. The summed E-state index contributed by atoms with van der Waals surface area (Å²) in [5, 5.41) is 5.99. The van der Waals surface area contributed by atoms with Gasteiger partial charge in [-0.05, 0) is 26.9 Å². The Hall–Kier alpha value is -1.69. The molecular formula is C14H25N5O. The fourth-order valence-corrected chi connectivity index (χ4v) is 1.93. The number of likely N-dealkylation sites (N-methyl/N-ethyl adjacent to an activating group) is 1. The van der Waals surface area contributed by atoms with E-state index in [1.807, 2.05) is 13.8 Å². The fraction of sp³-hybridized carbons (Fsp3) is 0.643. The van der Waals surface area contributed by atoms with Crippen molar-refractivity contribution >= 4 is 11.7 Å². The van der Waals surface area contributed by atoms with E-state index >= 15 is 0 Å². The standard InChI is InChI=1S/C14H25N5O/c1-5-15-13-9-16-12(8-17-13)14(20)18-11(4)10-19(6-2)7-3/h8-9,11H,5-7,10H2,1-4H3,(H,15,17)(H,18,20). The SMILES string of the molecule is CCNc1cnc(C(=O)NC(C)CN(CC)CC)cn1. The molecule has 0 aromatic carbocycles. The lowest BCUT2D eigenvalue weighted by Crippen LogP contribution is -2.42. The second kappa shape index (κ2) is 8.47. The molecule has 0 saturated heterocycles. The molecule has 0 aliphatic carbocycles. The third-order valence-corrected chi connectivity index (χ3v) is 3.05. The summed E-state index contributed by atoms with van der Waals surface area (Å²) in [6.07, 6.45) is 3.07. The second-order valence-corrected chi connectivity index (χ2v) is 4.68. The highest BCUT2D eigenvalue weighted by Gasteiger charge is 2.13. The summed E-state index contributed by atoms with van der Waals surface area (Å²) in [6.45, 7) is 11.8. The van der Waals surface area contributed by atoms with Crippen LogP contribution in [0.25, 0.3) is 0 Å². The van der Waals surface area contributed by atoms with Crippen LogP contribution in [0.1, 0.15) is 38.2 Å². The van der Waals surface area contributed by atoms with Crippen LogP contribution in [0.4, 0.5) is 5.82 Å². The minimum absolute atomic E-state index is 0.0812. The summed E-state index contributed by atoms with van der Waals surface area (Å²) in [7, 11) is 0. The molecule has 1 amide bonds. The third kappa shape index (κ3) is 5.13. The van der Waals surface area contributed by atoms with Gasteiger partial charge in [-0.2, -0.15) is 0 Å². The van der Waals surface area contributed by atoms with Crippen molar-refractivity contribution in [2.24, 2.45) is 0 Å². The molecule has 20 heavy (non-hydrogen) atoms. The van der Waals surface area contributed by atoms with Crippen molar-refractivity contribution in [2.75, 3.05) is 31.5 Å². The van der Waals surface area contributed by atoms with Gasteiger partial charge in [0.25, 0.3) is 5.91 Å². The van der Waals surface area contributed by atoms with Gasteiger partial charge >= 0.3 is 0 Å². The van der Waals surface area contributed by atoms with E-state index in [1.54, 1.807) is 6.20 Å². The van der Waals surface area contributed by atoms with Gasteiger partial charge in [-0.15, -0.1) is 0 Å². The Balaban J connectivity index is 2.53. The van der Waals surface area contributed by atoms with Gasteiger partial charge < -0.3 is 15.5 Å². The van der Waals surface area contributed by atoms with E-state index in [9.17, 15) is 4.79 Å². The number of aromatic nitrogens is 2. The highest BCUT2D eigenvalue weighted by molar-refractivity contribution is 5.92. The zero-order valence-corrected chi connectivity index (χ0v) is 12.8. The van der Waals surface area contributed by atoms with E-state index in [0.717, 1.165) is 26.2 Å². The Morgan fingerprint density at radius 1 is 1.25 bits per heavy atom. The summed E-state index contributed by atoms with van der Waals surface area (Å²) >= 11 is 0. The van der Waals surface area contributed by atoms with Crippen molar-refractivity contribution < 1.29 is 4.79 Å². The Morgan fingerprint density at radius 3 is 2.45 bits per heavy atom. The van der Waals surface area contributed by atoms with Gasteiger partial charge in [-0.3, -0.25) is 4.79 Å². The highest BCUT2D eigenvalue weighted by Crippen LogP contribution is 2.01. The molecule has 1 atom stereocenters. The lowest BCUT2D eigenvalue weighted by atomic mass is 10.3. The van der Waals surface area contributed by atoms with Crippen molar-refractivity contribution in [2.45, 2.75) is 33.7 Å². The second-order valence-electron chi connectivity index (χ2n) is 4.68. The van der Waals surface area contributed by atoms with E-state index in [1.165, 1.54) is 6.20 Å². The first-order valence-electron chi connectivity index (χ1n) is 7.19. The van der Waals surface area contributed by atoms with Crippen LogP contribution in [0.5, 0.6) is 0 Å². The summed E-state index contributed by atoms with van der Waals surface area (Å²) in [6, 6.07) is 0.0812. The molecule has 6 heteroatoms. The molecule has 0 saturated carbocycles. The molecule has 0 fully saturated rings. The average Bonchev–Trinajstić information content (AvgIpc) is 2.45. The number of rotatable bonds is 8. The number of nitrogens with zero attached hydrogens (tertiary/aromatic N) is 3. The van der Waals surface area contributed by atoms with E-state index in [2.05, 4.69) is 39.3 Å². The zero-order valence-electron chi connectivity index (χ0n) is 12.8. The number of hydrogen-bond donors (Lipinski definition) is 2. The average molecular weight is 279 g/mol. The molecule has 1 aromatic heterocycles. The van der Waals surface area contributed by atoms with Gasteiger partial charge in [0, 0.05) is 19.1 Å². The minimum atomic E-state index is -0.180. The Labute approximate surface area is 121 Å². The Kier molecular flexibility index (Phi) is 6.93. The van der Waals surface area contributed by atoms with Crippen LogP contribution in [-0.4, -0.2) is 53.0 Å². The van der Waals surface area contributed by atoms with Crippen LogP contribution in [0.15, 0.2) is 12.4 Å². The summed E-state index contributed by atoms with van der Waals surface area (Å²) in [4.78, 5) is 22.6. The van der Waals surface area contributed by atoms with Crippen LogP contribution < -0.4 is 10.6 Å². The van der Waals surface area contributed by atoms with Crippen LogP contribution in [-0.2, 0) is 0 Å². The fourth-order valence-electron chi connectivity index (χ4n) is 1.93. The maximum Gasteiger partial charge on any atom is 0.271 e. The number of hydrogen-bond acceptors (Lipinski definition) is 5. The quantitative estimate of drug-likeness (QED) is 0.752. The van der Waals surface area contributed by atoms with Gasteiger partial charge in [0.2, 0.25) is 0 Å². The van der Waals surface area contributed by atoms with E-state index < -0.39 is 0 Å². The Morgan fingerprint density at radius 2 is 1.95 bits per heavy atom. The number of nitrogens with one attached hydrogen (secondary N) is 2. The molecule has 1 aromatic rings. The maximum absolute atomic E-state index is 12.0. The number of amides is 1. The van der Waals surface area contributed by atoms with Crippen molar-refractivity contribution in [3.05, 3.63) is 18.1 Å². The highest BCUT2D eigenvalue weighted by atomic mass is 16.1. The third-order valence-electron chi connectivity index (χ3n) is 3.05. The maximum atomic E-state index is 12.0. The molecule has 2 N–H and O–H groups in total. The predicted octanol–water partition coefficient (Wildman–Crippen LogP) is 1.37. The van der Waals surface area contributed by atoms with Gasteiger partial charge in [0.1, 0.15) is 11.5 Å². The van der Waals surface area contributed by atoms with Crippen LogP contribution in [0, 0.1) is 0 Å². The summed E-state index contributed by atoms with van der Waals surface area (Å²) in [5.74, 6) is 0.500. The Bertz CT molecular complexity index is 403. The lowest BCUT2D eigenvalue weighted by Gasteiger charge is -2.23. The first kappa shape index (κ1) is 16.4. The molecule has 0 radical (unpaired) electrons. The van der Waals surface area contributed by atoms with E-state index in [0.29, 0.717) is 11.5 Å². The van der Waals surface area contributed by atoms with Crippen LogP contribution in [0.3, 0.4) is 0 Å². The van der Waals surface area contributed by atoms with Crippen molar-refractivity contribution in [3.63, 3.8) is 0 Å². The van der Waals surface area contributed by atoms with E-state index in [4.69, 9.17) is 0 Å². The molecule has 6 nitrogen and oxygen atoms in total. The zero-order chi connectivity index (χ0) is 15.0. The van der Waals surface area contributed by atoms with Crippen molar-refractivity contribution in [1.82, 2.24) is 20.2 Å². The first-order valence-corrected chi connectivity index (χ1v) is 7.19. The molecular weight excluding hydrogens is 254 g/mol. The number of carbonyl (C=O) groups excluding carboxylic acids is 1. The van der Waals surface area contributed by atoms with Crippen LogP contribution >= 0.6 is 0 Å². The van der Waals surface area contributed by atoms with Crippen molar-refractivity contribution in [1.29, 1.82) is 0 Å². The monoisotopic (exact) mass is 279 g/mol. The van der Waals surface area contributed by atoms with E-state index in [-0.39, 0.29) is 11.9 Å². The summed E-state index contributed by atoms with van der Waals surface area (Å²) in [5.41, 5.74) is 0.345. The molecule has 112 valence electrons. The molecule has 0 aliphatic rings. The van der Waals surface area contributed by atoms with Gasteiger partial charge in [-0.25, -0.2) is 9.97 Å². The van der Waals surface area contributed by atoms with Gasteiger partial charge in [0.15, 0.2) is 0 Å². The molecule has 0 bridgehead atoms. The normalized spacial score (nSPS) is 12.2. The molecule has 1 heterocycles. The summed E-state index contributed by atoms with van der Waals surface area (Å²) < 4.78 is 0. The van der Waals surface area contributed by atoms with Crippen LogP contribution in [0.2, 0.25) is 0 Å². The molecule has 1 rings (SSSR count). The molecule has 0 aliphatic heterocycles. The largest absolute Gasteiger partial charge is 0.369 e. The number of carbonyl (C=O) groups is 1. The smallest absolute Gasteiger partial charge is 0.271 e. The predicted molar refractivity (Wildman–Crippen MR) is 80.9 cm³/mol. The van der Waals surface area contributed by atoms with Crippen molar-refractivity contribution in [3.8, 4) is 0 Å². The van der Waals surface area contributed by atoms with Gasteiger partial charge in [-0.1, -0.05) is 13.8 Å². The molecule has 1 unspecified atom stereocenters. The lowest BCUT2D eigenvalue weighted by molar-refractivity contribution is 0.0925. The topological polar surface area (TPSA) is 70.2 Å².